The molecule has 168 valence electrons. The molecule has 0 bridgehead atoms. The van der Waals surface area contributed by atoms with Crippen molar-refractivity contribution in [2.75, 3.05) is 38.7 Å². The molecule has 1 heterocycles. The lowest BCUT2D eigenvalue weighted by Gasteiger charge is -2.21. The van der Waals surface area contributed by atoms with Gasteiger partial charge in [0.2, 0.25) is 0 Å². The van der Waals surface area contributed by atoms with Crippen molar-refractivity contribution in [2.24, 2.45) is 4.99 Å². The molecule has 1 unspecified atom stereocenters. The van der Waals surface area contributed by atoms with Crippen molar-refractivity contribution < 1.29 is 18.3 Å². The zero-order valence-corrected chi connectivity index (χ0v) is 19.9. The second-order valence-corrected chi connectivity index (χ2v) is 7.11. The predicted octanol–water partition coefficient (Wildman–Crippen LogP) is 3.36. The predicted molar refractivity (Wildman–Crippen MR) is 128 cm³/mol. The molecule has 0 saturated carbocycles. The van der Waals surface area contributed by atoms with E-state index in [0.717, 1.165) is 24.5 Å². The third-order valence-corrected chi connectivity index (χ3v) is 5.08. The normalized spacial score (nSPS) is 15.9. The van der Waals surface area contributed by atoms with Gasteiger partial charge in [-0.2, -0.15) is 0 Å². The number of anilines is 1. The number of esters is 1. The van der Waals surface area contributed by atoms with E-state index in [1.54, 1.807) is 19.2 Å². The first-order chi connectivity index (χ1) is 14.5. The summed E-state index contributed by atoms with van der Waals surface area (Å²) in [7, 11) is 3.06. The lowest BCUT2D eigenvalue weighted by molar-refractivity contribution is 0.0600. The number of aliphatic imine (C=N–C) groups is 1. The number of carbonyl (C=O) groups excluding carboxylic acids is 1. The van der Waals surface area contributed by atoms with E-state index in [1.165, 1.54) is 19.2 Å². The Hall–Kier alpha value is -2.43. The Morgan fingerprint density at radius 2 is 1.97 bits per heavy atom. The molecular weight excluding hydrogens is 517 g/mol. The maximum absolute atomic E-state index is 14.0. The van der Waals surface area contributed by atoms with Crippen LogP contribution in [0.1, 0.15) is 22.3 Å². The Labute approximate surface area is 198 Å². The highest BCUT2D eigenvalue weighted by molar-refractivity contribution is 14.0. The minimum atomic E-state index is -0.574. The van der Waals surface area contributed by atoms with E-state index in [1.807, 2.05) is 17.0 Å². The second kappa shape index (κ2) is 11.8. The highest BCUT2D eigenvalue weighted by atomic mass is 127. The van der Waals surface area contributed by atoms with E-state index < -0.39 is 11.6 Å². The molecule has 31 heavy (non-hydrogen) atoms. The van der Waals surface area contributed by atoms with Crippen molar-refractivity contribution in [1.29, 1.82) is 0 Å². The Kier molecular flexibility index (Phi) is 9.47. The van der Waals surface area contributed by atoms with Crippen molar-refractivity contribution >= 4 is 41.6 Å². The second-order valence-electron chi connectivity index (χ2n) is 7.11. The van der Waals surface area contributed by atoms with Crippen LogP contribution in [0.5, 0.6) is 0 Å². The average Bonchev–Trinajstić information content (AvgIpc) is 3.21. The van der Waals surface area contributed by atoms with Gasteiger partial charge in [-0.05, 0) is 42.7 Å². The molecule has 0 aliphatic carbocycles. The third-order valence-electron chi connectivity index (χ3n) is 5.08. The monoisotopic (exact) mass is 544 g/mol. The van der Waals surface area contributed by atoms with Crippen molar-refractivity contribution in [3.05, 3.63) is 65.2 Å². The van der Waals surface area contributed by atoms with E-state index in [9.17, 15) is 13.6 Å². The van der Waals surface area contributed by atoms with Crippen LogP contribution >= 0.6 is 24.0 Å². The van der Waals surface area contributed by atoms with Gasteiger partial charge in [0.1, 0.15) is 11.6 Å². The molecule has 6 nitrogen and oxygen atoms in total. The van der Waals surface area contributed by atoms with Crippen LogP contribution in [0.4, 0.5) is 14.5 Å². The number of rotatable bonds is 6. The average molecular weight is 544 g/mol. The van der Waals surface area contributed by atoms with E-state index in [-0.39, 0.29) is 36.0 Å². The van der Waals surface area contributed by atoms with Gasteiger partial charge < -0.3 is 20.3 Å². The molecule has 2 aromatic rings. The summed E-state index contributed by atoms with van der Waals surface area (Å²) >= 11 is 0. The van der Waals surface area contributed by atoms with Gasteiger partial charge in [-0.25, -0.2) is 13.6 Å². The van der Waals surface area contributed by atoms with Crippen LogP contribution < -0.4 is 15.5 Å². The topological polar surface area (TPSA) is 66.0 Å². The summed E-state index contributed by atoms with van der Waals surface area (Å²) in [6.07, 6.45) is 1.59. The van der Waals surface area contributed by atoms with E-state index in [0.29, 0.717) is 36.8 Å². The highest BCUT2D eigenvalue weighted by Crippen LogP contribution is 2.24. The summed E-state index contributed by atoms with van der Waals surface area (Å²) < 4.78 is 31.8. The van der Waals surface area contributed by atoms with Crippen LogP contribution in [0.3, 0.4) is 0 Å². The number of benzene rings is 2. The number of guanidine groups is 1. The summed E-state index contributed by atoms with van der Waals surface area (Å²) in [5, 5.41) is 6.63. The van der Waals surface area contributed by atoms with Crippen molar-refractivity contribution in [3.8, 4) is 0 Å². The molecule has 1 atom stereocenters. The van der Waals surface area contributed by atoms with Gasteiger partial charge in [-0.3, -0.25) is 4.99 Å². The number of nitrogens with zero attached hydrogens (tertiary/aromatic N) is 2. The molecule has 2 N–H and O–H groups in total. The van der Waals surface area contributed by atoms with Crippen molar-refractivity contribution in [3.63, 3.8) is 0 Å². The van der Waals surface area contributed by atoms with Gasteiger partial charge in [-0.15, -0.1) is 24.0 Å². The van der Waals surface area contributed by atoms with Gasteiger partial charge in [0.15, 0.2) is 5.96 Å². The van der Waals surface area contributed by atoms with Crippen LogP contribution in [0.2, 0.25) is 0 Å². The third kappa shape index (κ3) is 6.78. The molecule has 2 aromatic carbocycles. The molecular formula is C22H27F2IN4O2. The standard InChI is InChI=1S/C22H26F2N4O2.HI/c1-25-22(26-11-9-15-3-5-16(6-4-15)21(29)30-2)27-18-10-12-28(14-18)20-8-7-17(23)13-19(20)24;/h3-8,13,18H,9-12,14H2,1-2H3,(H2,25,26,27);1H. The molecule has 0 aromatic heterocycles. The summed E-state index contributed by atoms with van der Waals surface area (Å²) in [6, 6.07) is 11.1. The largest absolute Gasteiger partial charge is 0.465 e. The van der Waals surface area contributed by atoms with E-state index >= 15 is 0 Å². The maximum Gasteiger partial charge on any atom is 0.337 e. The Morgan fingerprint density at radius 1 is 1.23 bits per heavy atom. The molecule has 0 amide bonds. The minimum absolute atomic E-state index is 0. The summed E-state index contributed by atoms with van der Waals surface area (Å²) in [4.78, 5) is 17.6. The van der Waals surface area contributed by atoms with Crippen LogP contribution in [0.15, 0.2) is 47.5 Å². The zero-order chi connectivity index (χ0) is 21.5. The lowest BCUT2D eigenvalue weighted by Crippen LogP contribution is -2.45. The van der Waals surface area contributed by atoms with E-state index in [2.05, 4.69) is 15.6 Å². The van der Waals surface area contributed by atoms with E-state index in [4.69, 9.17) is 4.74 Å². The molecule has 0 spiro atoms. The quantitative estimate of drug-likeness (QED) is 0.253. The molecule has 1 aliphatic rings. The lowest BCUT2D eigenvalue weighted by atomic mass is 10.1. The summed E-state index contributed by atoms with van der Waals surface area (Å²) in [5.74, 6) is -0.797. The van der Waals surface area contributed by atoms with Gasteiger partial charge in [0, 0.05) is 38.8 Å². The van der Waals surface area contributed by atoms with Crippen LogP contribution in [0, 0.1) is 11.6 Å². The van der Waals surface area contributed by atoms with Crippen molar-refractivity contribution in [2.45, 2.75) is 18.9 Å². The molecule has 1 aliphatic heterocycles. The van der Waals surface area contributed by atoms with Crippen LogP contribution in [-0.4, -0.2) is 51.8 Å². The first kappa shape index (κ1) is 24.8. The number of methoxy groups -OCH3 is 1. The fourth-order valence-electron chi connectivity index (χ4n) is 3.47. The Morgan fingerprint density at radius 3 is 2.61 bits per heavy atom. The Balaban J connectivity index is 0.00000341. The van der Waals surface area contributed by atoms with Crippen LogP contribution in [0.25, 0.3) is 0 Å². The maximum atomic E-state index is 14.0. The number of nitrogens with one attached hydrogen (secondary N) is 2. The minimum Gasteiger partial charge on any atom is -0.465 e. The number of carbonyl (C=O) groups is 1. The zero-order valence-electron chi connectivity index (χ0n) is 17.5. The smallest absolute Gasteiger partial charge is 0.337 e. The van der Waals surface area contributed by atoms with Gasteiger partial charge >= 0.3 is 5.97 Å². The molecule has 0 radical (unpaired) electrons. The Bertz CT molecular complexity index is 909. The SMILES string of the molecule is CN=C(NCCc1ccc(C(=O)OC)cc1)NC1CCN(c2ccc(F)cc2F)C1.I. The first-order valence-electron chi connectivity index (χ1n) is 9.84. The van der Waals surface area contributed by atoms with Crippen molar-refractivity contribution in [1.82, 2.24) is 10.6 Å². The highest BCUT2D eigenvalue weighted by Gasteiger charge is 2.25. The molecule has 3 rings (SSSR count). The fourth-order valence-corrected chi connectivity index (χ4v) is 3.47. The number of ether oxygens (including phenoxy) is 1. The summed E-state index contributed by atoms with van der Waals surface area (Å²) in [6.45, 7) is 1.96. The van der Waals surface area contributed by atoms with Gasteiger partial charge in [0.25, 0.3) is 0 Å². The number of hydrogen-bond acceptors (Lipinski definition) is 4. The van der Waals surface area contributed by atoms with Gasteiger partial charge in [-0.1, -0.05) is 12.1 Å². The number of halogens is 3. The summed E-state index contributed by atoms with van der Waals surface area (Å²) in [5.41, 5.74) is 2.03. The number of hydrogen-bond donors (Lipinski definition) is 2. The van der Waals surface area contributed by atoms with Crippen LogP contribution in [-0.2, 0) is 11.2 Å². The molecule has 1 fully saturated rings. The van der Waals surface area contributed by atoms with Gasteiger partial charge in [0.05, 0.1) is 18.4 Å². The fraction of sp³-hybridized carbons (Fsp3) is 0.364. The molecule has 1 saturated heterocycles. The molecule has 9 heteroatoms. The first-order valence-corrected chi connectivity index (χ1v) is 9.84.